The molecule has 0 heteroatoms. The molecule has 0 saturated carbocycles. The number of hydrogen-bond donors (Lipinski definition) is 0. The van der Waals surface area contributed by atoms with Crippen molar-refractivity contribution in [2.75, 3.05) is 0 Å². The quantitative estimate of drug-likeness (QED) is 0.539. The molecule has 3 rings (SSSR count). The summed E-state index contributed by atoms with van der Waals surface area (Å²) in [6.45, 7) is 6.60. The maximum absolute atomic E-state index is 2.26. The number of rotatable bonds is 2. The van der Waals surface area contributed by atoms with Gasteiger partial charge in [0.05, 0.1) is 0 Å². The van der Waals surface area contributed by atoms with Gasteiger partial charge in [0.2, 0.25) is 0 Å². The highest BCUT2D eigenvalue weighted by Gasteiger charge is 2.10. The summed E-state index contributed by atoms with van der Waals surface area (Å²) in [7, 11) is 0. The van der Waals surface area contributed by atoms with E-state index in [0.717, 1.165) is 0 Å². The topological polar surface area (TPSA) is 0 Å². The molecular weight excluding hydrogens is 240 g/mol. The lowest BCUT2D eigenvalue weighted by Gasteiger charge is -2.03. The average Bonchev–Trinajstić information content (AvgIpc) is 2.71. The van der Waals surface area contributed by atoms with Crippen molar-refractivity contribution in [2.45, 2.75) is 26.7 Å². The zero-order valence-electron chi connectivity index (χ0n) is 12.4. The second-order valence-electron chi connectivity index (χ2n) is 5.80. The van der Waals surface area contributed by atoms with Crippen molar-refractivity contribution in [2.24, 2.45) is 0 Å². The van der Waals surface area contributed by atoms with E-state index in [9.17, 15) is 0 Å². The number of hydrogen-bond acceptors (Lipinski definition) is 0. The van der Waals surface area contributed by atoms with E-state index in [1.54, 1.807) is 0 Å². The van der Waals surface area contributed by atoms with Crippen LogP contribution in [-0.4, -0.2) is 0 Å². The van der Waals surface area contributed by atoms with Crippen LogP contribution in [0, 0.1) is 6.92 Å². The van der Waals surface area contributed by atoms with Gasteiger partial charge in [0.1, 0.15) is 0 Å². The molecule has 0 atom stereocenters. The van der Waals surface area contributed by atoms with Crippen LogP contribution in [0.3, 0.4) is 0 Å². The molecule has 0 radical (unpaired) electrons. The summed E-state index contributed by atoms with van der Waals surface area (Å²) in [6.07, 6.45) is 0. The van der Waals surface area contributed by atoms with E-state index in [-0.39, 0.29) is 0 Å². The van der Waals surface area contributed by atoms with Crippen LogP contribution in [0.25, 0.3) is 22.3 Å². The molecule has 0 amide bonds. The molecule has 0 saturated heterocycles. The minimum Gasteiger partial charge on any atom is -0.0587 e. The molecule has 2 aliphatic rings. The molecule has 0 spiro atoms. The Morgan fingerprint density at radius 1 is 0.600 bits per heavy atom. The first-order valence-corrected chi connectivity index (χ1v) is 7.25. The van der Waals surface area contributed by atoms with E-state index in [2.05, 4.69) is 81.4 Å². The van der Waals surface area contributed by atoms with Gasteiger partial charge < -0.3 is 0 Å². The Labute approximate surface area is 121 Å². The van der Waals surface area contributed by atoms with E-state index in [1.165, 1.54) is 33.4 Å². The largest absolute Gasteiger partial charge is 0.0587 e. The molecule has 0 N–H and O–H groups in total. The van der Waals surface area contributed by atoms with Crippen LogP contribution in [0.5, 0.6) is 0 Å². The fourth-order valence-corrected chi connectivity index (χ4v) is 2.63. The van der Waals surface area contributed by atoms with Gasteiger partial charge in [-0.25, -0.2) is 0 Å². The van der Waals surface area contributed by atoms with Crippen molar-refractivity contribution in [3.05, 3.63) is 71.8 Å². The molecule has 0 fully saturated rings. The highest BCUT2D eigenvalue weighted by molar-refractivity contribution is 5.86. The highest BCUT2D eigenvalue weighted by atomic mass is 14.1. The molecule has 2 aliphatic carbocycles. The highest BCUT2D eigenvalue weighted by Crippen LogP contribution is 2.35. The van der Waals surface area contributed by atoms with Gasteiger partial charge in [-0.2, -0.15) is 0 Å². The van der Waals surface area contributed by atoms with Gasteiger partial charge in [-0.3, -0.25) is 0 Å². The van der Waals surface area contributed by atoms with Crippen LogP contribution in [0.2, 0.25) is 0 Å². The maximum atomic E-state index is 2.26. The summed E-state index contributed by atoms with van der Waals surface area (Å²) in [6, 6.07) is 22.2. The Balaban J connectivity index is 2.12. The number of fused-ring (bicyclic) bond motifs is 1. The fourth-order valence-electron chi connectivity index (χ4n) is 2.63. The monoisotopic (exact) mass is 260 g/mol. The third-order valence-electron chi connectivity index (χ3n) is 3.96. The summed E-state index contributed by atoms with van der Waals surface area (Å²) in [4.78, 5) is 0. The van der Waals surface area contributed by atoms with Crippen LogP contribution in [-0.2, 0) is 0 Å². The molecule has 1 aromatic rings. The first kappa shape index (κ1) is 12.9. The van der Waals surface area contributed by atoms with Crippen molar-refractivity contribution < 1.29 is 0 Å². The van der Waals surface area contributed by atoms with Crippen LogP contribution >= 0.6 is 0 Å². The van der Waals surface area contributed by atoms with Gasteiger partial charge in [-0.05, 0) is 40.7 Å². The predicted octanol–water partition coefficient (Wildman–Crippen LogP) is 5.89. The van der Waals surface area contributed by atoms with Gasteiger partial charge in [0, 0.05) is 0 Å². The Morgan fingerprint density at radius 2 is 1.05 bits per heavy atom. The molecule has 0 unspecified atom stereocenters. The predicted molar refractivity (Wildman–Crippen MR) is 87.3 cm³/mol. The van der Waals surface area contributed by atoms with Crippen LogP contribution in [0.15, 0.2) is 60.7 Å². The Kier molecular flexibility index (Phi) is 3.31. The summed E-state index contributed by atoms with van der Waals surface area (Å²) < 4.78 is 0. The summed E-state index contributed by atoms with van der Waals surface area (Å²) in [5.41, 5.74) is 7.95. The normalized spacial score (nSPS) is 11.2. The van der Waals surface area contributed by atoms with Crippen molar-refractivity contribution in [1.29, 1.82) is 0 Å². The lowest BCUT2D eigenvalue weighted by Crippen LogP contribution is -1.81. The molecule has 0 nitrogen and oxygen atoms in total. The van der Waals surface area contributed by atoms with E-state index >= 15 is 0 Å². The van der Waals surface area contributed by atoms with Crippen LogP contribution in [0.1, 0.15) is 30.9 Å². The lowest BCUT2D eigenvalue weighted by atomic mass is 10.0. The van der Waals surface area contributed by atoms with Crippen LogP contribution < -0.4 is 0 Å². The van der Waals surface area contributed by atoms with Crippen LogP contribution in [0.4, 0.5) is 0 Å². The van der Waals surface area contributed by atoms with Crippen molar-refractivity contribution in [1.82, 2.24) is 0 Å². The van der Waals surface area contributed by atoms with Crippen molar-refractivity contribution in [3.8, 4) is 22.3 Å². The standard InChI is InChI=1S/C20H20/c1-14(2)16-8-9-18-11-13-20(19(18)12-10-16)17-6-4-15(3)5-7-17/h4-14H,1-3H3. The van der Waals surface area contributed by atoms with E-state index in [4.69, 9.17) is 0 Å². The Morgan fingerprint density at radius 3 is 1.65 bits per heavy atom. The summed E-state index contributed by atoms with van der Waals surface area (Å²) >= 11 is 0. The second-order valence-corrected chi connectivity index (χ2v) is 5.80. The zero-order chi connectivity index (χ0) is 14.1. The second kappa shape index (κ2) is 5.13. The van der Waals surface area contributed by atoms with E-state index in [0.29, 0.717) is 5.92 Å². The van der Waals surface area contributed by atoms with E-state index < -0.39 is 0 Å². The molecule has 0 heterocycles. The molecule has 20 heavy (non-hydrogen) atoms. The van der Waals surface area contributed by atoms with Crippen molar-refractivity contribution >= 4 is 0 Å². The SMILES string of the molecule is Cc1ccc(-c2ccc3ccc(C(C)C)ccc2-3)cc1. The van der Waals surface area contributed by atoms with Gasteiger partial charge in [-0.1, -0.05) is 80.1 Å². The molecule has 0 bridgehead atoms. The minimum atomic E-state index is 0.564. The van der Waals surface area contributed by atoms with Gasteiger partial charge in [-0.15, -0.1) is 0 Å². The molecule has 1 aromatic carbocycles. The molecule has 100 valence electrons. The van der Waals surface area contributed by atoms with Gasteiger partial charge >= 0.3 is 0 Å². The maximum Gasteiger partial charge on any atom is -0.0105 e. The van der Waals surface area contributed by atoms with Gasteiger partial charge in [0.15, 0.2) is 0 Å². The third-order valence-corrected chi connectivity index (χ3v) is 3.96. The average molecular weight is 260 g/mol. The molecule has 0 aromatic heterocycles. The molecule has 0 aliphatic heterocycles. The Hall–Kier alpha value is -2.08. The fraction of sp³-hybridized carbons (Fsp3) is 0.200. The smallest absolute Gasteiger partial charge is 0.0105 e. The summed E-state index contributed by atoms with van der Waals surface area (Å²) in [5, 5.41) is 0. The molecular formula is C20H20. The van der Waals surface area contributed by atoms with Crippen molar-refractivity contribution in [3.63, 3.8) is 0 Å². The minimum absolute atomic E-state index is 0.564. The number of aryl methyl sites for hydroxylation is 1. The first-order chi connectivity index (χ1) is 9.65. The lowest BCUT2D eigenvalue weighted by molar-refractivity contribution is 0.868. The van der Waals surface area contributed by atoms with E-state index in [1.807, 2.05) is 0 Å². The summed E-state index contributed by atoms with van der Waals surface area (Å²) in [5.74, 6) is 0.564. The first-order valence-electron chi connectivity index (χ1n) is 7.25. The third kappa shape index (κ3) is 2.34. The van der Waals surface area contributed by atoms with Gasteiger partial charge in [0.25, 0.3) is 0 Å². The Bertz CT molecular complexity index is 690. The number of benzene rings is 1. The zero-order valence-corrected chi connectivity index (χ0v) is 12.4.